The van der Waals surface area contributed by atoms with Crippen molar-refractivity contribution in [3.63, 3.8) is 0 Å². The Bertz CT molecular complexity index is 305. The van der Waals surface area contributed by atoms with Crippen LogP contribution in [0.15, 0.2) is 21.6 Å². The van der Waals surface area contributed by atoms with Crippen molar-refractivity contribution in [2.24, 2.45) is 0 Å². The van der Waals surface area contributed by atoms with Crippen LogP contribution in [0.2, 0.25) is 0 Å². The number of amides is 1. The first-order valence-electron chi connectivity index (χ1n) is 5.49. The standard InChI is InChI=1S/C12H19NOS/c1-4-5-6-7-11-8-15-10(3)9(2)13-12(11)14/h8H,4-7H2,1-3H3,(H,13,14). The van der Waals surface area contributed by atoms with Gasteiger partial charge in [0.1, 0.15) is 0 Å². The van der Waals surface area contributed by atoms with E-state index in [9.17, 15) is 4.79 Å². The van der Waals surface area contributed by atoms with Crippen molar-refractivity contribution in [1.29, 1.82) is 0 Å². The summed E-state index contributed by atoms with van der Waals surface area (Å²) < 4.78 is 0. The zero-order valence-electron chi connectivity index (χ0n) is 9.72. The quantitative estimate of drug-likeness (QED) is 0.741. The van der Waals surface area contributed by atoms with Gasteiger partial charge in [-0.25, -0.2) is 0 Å². The van der Waals surface area contributed by atoms with Gasteiger partial charge in [0.05, 0.1) is 0 Å². The lowest BCUT2D eigenvalue weighted by molar-refractivity contribution is -0.116. The topological polar surface area (TPSA) is 29.1 Å². The van der Waals surface area contributed by atoms with Crippen LogP contribution in [-0.2, 0) is 4.79 Å². The third kappa shape index (κ3) is 3.74. The Labute approximate surface area is 96.2 Å². The highest BCUT2D eigenvalue weighted by Crippen LogP contribution is 2.26. The predicted molar refractivity (Wildman–Crippen MR) is 66.3 cm³/mol. The van der Waals surface area contributed by atoms with E-state index in [1.54, 1.807) is 11.8 Å². The third-order valence-corrected chi connectivity index (χ3v) is 3.61. The van der Waals surface area contributed by atoms with Crippen molar-refractivity contribution >= 4 is 17.7 Å². The highest BCUT2D eigenvalue weighted by Gasteiger charge is 2.13. The fourth-order valence-corrected chi connectivity index (χ4v) is 2.15. The zero-order chi connectivity index (χ0) is 11.3. The van der Waals surface area contributed by atoms with Gasteiger partial charge in [-0.3, -0.25) is 4.79 Å². The van der Waals surface area contributed by atoms with Gasteiger partial charge in [-0.15, -0.1) is 11.8 Å². The second kappa shape index (κ2) is 6.01. The molecule has 0 aliphatic carbocycles. The number of carbonyl (C=O) groups excluding carboxylic acids is 1. The molecule has 0 aromatic rings. The lowest BCUT2D eigenvalue weighted by Gasteiger charge is -2.06. The molecule has 0 saturated heterocycles. The smallest absolute Gasteiger partial charge is 0.251 e. The molecule has 0 radical (unpaired) electrons. The van der Waals surface area contributed by atoms with E-state index < -0.39 is 0 Å². The Kier molecular flexibility index (Phi) is 4.95. The van der Waals surface area contributed by atoms with Gasteiger partial charge >= 0.3 is 0 Å². The summed E-state index contributed by atoms with van der Waals surface area (Å²) >= 11 is 1.65. The molecule has 0 aromatic carbocycles. The van der Waals surface area contributed by atoms with Gasteiger partial charge in [0.2, 0.25) is 0 Å². The van der Waals surface area contributed by atoms with Gasteiger partial charge in [0, 0.05) is 16.2 Å². The summed E-state index contributed by atoms with van der Waals surface area (Å²) in [6.45, 7) is 6.15. The van der Waals surface area contributed by atoms with Crippen LogP contribution in [-0.4, -0.2) is 5.91 Å². The molecule has 1 aliphatic rings. The highest BCUT2D eigenvalue weighted by molar-refractivity contribution is 8.05. The molecule has 0 saturated carbocycles. The zero-order valence-corrected chi connectivity index (χ0v) is 10.5. The molecule has 1 rings (SSSR count). The molecule has 0 unspecified atom stereocenters. The molecule has 0 spiro atoms. The van der Waals surface area contributed by atoms with Crippen molar-refractivity contribution in [1.82, 2.24) is 5.32 Å². The minimum atomic E-state index is 0.0768. The van der Waals surface area contributed by atoms with Crippen LogP contribution in [0, 0.1) is 0 Å². The van der Waals surface area contributed by atoms with Crippen molar-refractivity contribution < 1.29 is 4.79 Å². The predicted octanol–water partition coefficient (Wildman–Crippen LogP) is 3.57. The van der Waals surface area contributed by atoms with Gasteiger partial charge in [0.15, 0.2) is 0 Å². The number of hydrogen-bond acceptors (Lipinski definition) is 2. The summed E-state index contributed by atoms with van der Waals surface area (Å²) in [7, 11) is 0. The number of allylic oxidation sites excluding steroid dienone is 2. The Morgan fingerprint density at radius 1 is 1.33 bits per heavy atom. The maximum Gasteiger partial charge on any atom is 0.251 e. The molecule has 3 heteroatoms. The monoisotopic (exact) mass is 225 g/mol. The van der Waals surface area contributed by atoms with Gasteiger partial charge < -0.3 is 5.32 Å². The lowest BCUT2D eigenvalue weighted by Crippen LogP contribution is -2.22. The summed E-state index contributed by atoms with van der Waals surface area (Å²) in [4.78, 5) is 12.9. The number of rotatable bonds is 4. The Morgan fingerprint density at radius 3 is 2.73 bits per heavy atom. The summed E-state index contributed by atoms with van der Waals surface area (Å²) in [5, 5.41) is 4.92. The minimum absolute atomic E-state index is 0.0768. The fraction of sp³-hybridized carbons (Fsp3) is 0.583. The molecule has 1 aliphatic heterocycles. The average molecular weight is 225 g/mol. The molecule has 1 heterocycles. The fourth-order valence-electron chi connectivity index (χ4n) is 1.38. The molecule has 2 nitrogen and oxygen atoms in total. The molecular formula is C12H19NOS. The van der Waals surface area contributed by atoms with Gasteiger partial charge in [-0.2, -0.15) is 0 Å². The van der Waals surface area contributed by atoms with Gasteiger partial charge in [-0.05, 0) is 32.1 Å². The molecule has 0 aromatic heterocycles. The molecule has 15 heavy (non-hydrogen) atoms. The Morgan fingerprint density at radius 2 is 2.07 bits per heavy atom. The number of thioether (sulfide) groups is 1. The first kappa shape index (κ1) is 12.4. The van der Waals surface area contributed by atoms with Crippen molar-refractivity contribution in [3.05, 3.63) is 21.6 Å². The third-order valence-electron chi connectivity index (χ3n) is 2.55. The normalized spacial score (nSPS) is 17.3. The van der Waals surface area contributed by atoms with E-state index >= 15 is 0 Å². The van der Waals surface area contributed by atoms with Gasteiger partial charge in [-0.1, -0.05) is 19.8 Å². The molecule has 1 N–H and O–H groups in total. The number of carbonyl (C=O) groups is 1. The lowest BCUT2D eigenvalue weighted by atomic mass is 10.1. The number of hydrogen-bond donors (Lipinski definition) is 1. The molecule has 0 fully saturated rings. The highest BCUT2D eigenvalue weighted by atomic mass is 32.2. The summed E-state index contributed by atoms with van der Waals surface area (Å²) in [5.74, 6) is 0.0768. The summed E-state index contributed by atoms with van der Waals surface area (Å²) in [5.41, 5.74) is 1.90. The maximum absolute atomic E-state index is 11.7. The molecular weight excluding hydrogens is 206 g/mol. The van der Waals surface area contributed by atoms with Crippen LogP contribution in [0.4, 0.5) is 0 Å². The van der Waals surface area contributed by atoms with Crippen molar-refractivity contribution in [3.8, 4) is 0 Å². The van der Waals surface area contributed by atoms with E-state index in [1.807, 2.05) is 19.3 Å². The first-order chi connectivity index (χ1) is 7.15. The minimum Gasteiger partial charge on any atom is -0.325 e. The average Bonchev–Trinajstić information content (AvgIpc) is 2.32. The van der Waals surface area contributed by atoms with E-state index in [0.717, 1.165) is 24.1 Å². The summed E-state index contributed by atoms with van der Waals surface area (Å²) in [6, 6.07) is 0. The van der Waals surface area contributed by atoms with Crippen molar-refractivity contribution in [2.45, 2.75) is 46.5 Å². The molecule has 1 amide bonds. The van der Waals surface area contributed by atoms with E-state index in [-0.39, 0.29) is 5.91 Å². The van der Waals surface area contributed by atoms with Crippen LogP contribution in [0.1, 0.15) is 46.5 Å². The SMILES string of the molecule is CCCCCC1=CSC(C)=C(C)NC1=O. The molecule has 84 valence electrons. The van der Waals surface area contributed by atoms with Crippen LogP contribution < -0.4 is 5.32 Å². The number of unbranched alkanes of at least 4 members (excludes halogenated alkanes) is 2. The van der Waals surface area contributed by atoms with Crippen LogP contribution in [0.5, 0.6) is 0 Å². The van der Waals surface area contributed by atoms with E-state index in [2.05, 4.69) is 12.2 Å². The maximum atomic E-state index is 11.7. The Balaban J connectivity index is 2.57. The largest absolute Gasteiger partial charge is 0.325 e. The van der Waals surface area contributed by atoms with E-state index in [0.29, 0.717) is 0 Å². The van der Waals surface area contributed by atoms with Crippen molar-refractivity contribution in [2.75, 3.05) is 0 Å². The molecule has 0 bridgehead atoms. The van der Waals surface area contributed by atoms with Gasteiger partial charge in [0.25, 0.3) is 5.91 Å². The second-order valence-corrected chi connectivity index (χ2v) is 4.94. The van der Waals surface area contributed by atoms with Crippen LogP contribution in [0.25, 0.3) is 0 Å². The Hall–Kier alpha value is -0.700. The van der Waals surface area contributed by atoms with E-state index in [1.165, 1.54) is 17.7 Å². The first-order valence-corrected chi connectivity index (χ1v) is 6.37. The van der Waals surface area contributed by atoms with Crippen LogP contribution in [0.3, 0.4) is 0 Å². The summed E-state index contributed by atoms with van der Waals surface area (Å²) in [6.07, 6.45) is 4.39. The second-order valence-electron chi connectivity index (χ2n) is 3.85. The van der Waals surface area contributed by atoms with Crippen LogP contribution >= 0.6 is 11.8 Å². The molecule has 0 atom stereocenters. The van der Waals surface area contributed by atoms with E-state index in [4.69, 9.17) is 0 Å². The number of nitrogens with one attached hydrogen (secondary N) is 1.